The summed E-state index contributed by atoms with van der Waals surface area (Å²) in [6, 6.07) is 0.703. The highest BCUT2D eigenvalue weighted by atomic mass is 16.4. The van der Waals surface area contributed by atoms with Crippen molar-refractivity contribution in [3.8, 4) is 0 Å². The van der Waals surface area contributed by atoms with Crippen molar-refractivity contribution < 1.29 is 9.90 Å². The molecule has 0 saturated carbocycles. The molecular formula is C15H28N2O2. The molecule has 0 bridgehead atoms. The number of amides is 1. The zero-order chi connectivity index (χ0) is 13.5. The minimum absolute atomic E-state index is 0.703. The van der Waals surface area contributed by atoms with E-state index in [0.717, 1.165) is 25.9 Å². The fourth-order valence-corrected chi connectivity index (χ4v) is 3.49. The molecule has 0 spiro atoms. The average molecular weight is 268 g/mol. The minimum atomic E-state index is -0.746. The van der Waals surface area contributed by atoms with Crippen molar-refractivity contribution in [1.29, 1.82) is 0 Å². The smallest absolute Gasteiger partial charge is 0.407 e. The number of hydrogen-bond donors (Lipinski definition) is 1. The highest BCUT2D eigenvalue weighted by Crippen LogP contribution is 2.21. The van der Waals surface area contributed by atoms with Gasteiger partial charge in [0, 0.05) is 19.1 Å². The minimum Gasteiger partial charge on any atom is -0.465 e. The number of likely N-dealkylation sites (tertiary alicyclic amines) is 2. The molecule has 0 aliphatic carbocycles. The quantitative estimate of drug-likeness (QED) is 0.794. The number of carbonyl (C=O) groups is 1. The second kappa shape index (κ2) is 7.73. The lowest BCUT2D eigenvalue weighted by Gasteiger charge is -2.35. The Bertz CT molecular complexity index is 265. The first kappa shape index (κ1) is 14.6. The molecule has 1 N–H and O–H groups in total. The van der Waals surface area contributed by atoms with Crippen LogP contribution in [0.1, 0.15) is 57.8 Å². The van der Waals surface area contributed by atoms with Crippen molar-refractivity contribution in [2.75, 3.05) is 26.2 Å². The van der Waals surface area contributed by atoms with Gasteiger partial charge < -0.3 is 14.9 Å². The summed E-state index contributed by atoms with van der Waals surface area (Å²) in [6.07, 6.45) is 10.5. The molecule has 19 heavy (non-hydrogen) atoms. The molecule has 0 aromatic carbocycles. The maximum Gasteiger partial charge on any atom is 0.407 e. The van der Waals surface area contributed by atoms with E-state index < -0.39 is 6.09 Å². The third-order valence-corrected chi connectivity index (χ3v) is 4.61. The van der Waals surface area contributed by atoms with Crippen molar-refractivity contribution >= 4 is 6.09 Å². The average Bonchev–Trinajstić information content (AvgIpc) is 2.29. The lowest BCUT2D eigenvalue weighted by molar-refractivity contribution is 0.117. The summed E-state index contributed by atoms with van der Waals surface area (Å²) < 4.78 is 0. The van der Waals surface area contributed by atoms with Crippen molar-refractivity contribution in [3.63, 3.8) is 0 Å². The molecule has 4 nitrogen and oxygen atoms in total. The van der Waals surface area contributed by atoms with Gasteiger partial charge in [-0.3, -0.25) is 0 Å². The number of rotatable bonds is 1. The molecule has 2 rings (SSSR count). The Hall–Kier alpha value is -0.770. The van der Waals surface area contributed by atoms with E-state index in [1.165, 1.54) is 58.0 Å². The molecule has 2 heterocycles. The van der Waals surface area contributed by atoms with Crippen molar-refractivity contribution in [1.82, 2.24) is 9.80 Å². The monoisotopic (exact) mass is 268 g/mol. The summed E-state index contributed by atoms with van der Waals surface area (Å²) in [5.74, 6) is 0. The Kier molecular flexibility index (Phi) is 5.95. The van der Waals surface area contributed by atoms with Crippen LogP contribution in [0.2, 0.25) is 0 Å². The van der Waals surface area contributed by atoms with Gasteiger partial charge in [-0.1, -0.05) is 19.3 Å². The summed E-state index contributed by atoms with van der Waals surface area (Å²) >= 11 is 0. The van der Waals surface area contributed by atoms with Gasteiger partial charge in [0.2, 0.25) is 0 Å². The SMILES string of the molecule is O=C(O)N1CCCC(N2CCCCCCC2)CCC1. The summed E-state index contributed by atoms with van der Waals surface area (Å²) in [5, 5.41) is 9.05. The van der Waals surface area contributed by atoms with E-state index in [2.05, 4.69) is 4.90 Å². The van der Waals surface area contributed by atoms with Gasteiger partial charge in [0.05, 0.1) is 0 Å². The molecule has 0 radical (unpaired) electrons. The normalized spacial score (nSPS) is 25.2. The van der Waals surface area contributed by atoms with E-state index >= 15 is 0 Å². The fourth-order valence-electron chi connectivity index (χ4n) is 3.49. The molecule has 0 aromatic rings. The summed E-state index contributed by atoms with van der Waals surface area (Å²) in [5.41, 5.74) is 0. The second-order valence-corrected chi connectivity index (χ2v) is 6.01. The molecule has 2 aliphatic rings. The van der Waals surface area contributed by atoms with Crippen LogP contribution in [0.4, 0.5) is 4.79 Å². The van der Waals surface area contributed by atoms with Crippen LogP contribution in [0.25, 0.3) is 0 Å². The second-order valence-electron chi connectivity index (χ2n) is 6.01. The van der Waals surface area contributed by atoms with Gasteiger partial charge in [-0.05, 0) is 51.6 Å². The number of carboxylic acid groups (broad SMARTS) is 1. The van der Waals surface area contributed by atoms with E-state index in [0.29, 0.717) is 6.04 Å². The Morgan fingerprint density at radius 2 is 1.32 bits per heavy atom. The Labute approximate surface area is 116 Å². The molecule has 2 saturated heterocycles. The maximum absolute atomic E-state index is 11.0. The number of hydrogen-bond acceptors (Lipinski definition) is 2. The van der Waals surface area contributed by atoms with E-state index in [1.54, 1.807) is 4.90 Å². The van der Waals surface area contributed by atoms with Crippen LogP contribution in [0.3, 0.4) is 0 Å². The maximum atomic E-state index is 11.0. The topological polar surface area (TPSA) is 43.8 Å². The summed E-state index contributed by atoms with van der Waals surface area (Å²) in [6.45, 7) is 3.96. The molecular weight excluding hydrogens is 240 g/mol. The largest absolute Gasteiger partial charge is 0.465 e. The van der Waals surface area contributed by atoms with E-state index in [9.17, 15) is 4.79 Å². The van der Waals surface area contributed by atoms with Gasteiger partial charge in [-0.15, -0.1) is 0 Å². The molecule has 1 amide bonds. The predicted octanol–water partition coefficient (Wildman–Crippen LogP) is 3.18. The van der Waals surface area contributed by atoms with Gasteiger partial charge in [0.1, 0.15) is 0 Å². The molecule has 0 atom stereocenters. The first-order valence-electron chi connectivity index (χ1n) is 7.99. The molecule has 0 aromatic heterocycles. The van der Waals surface area contributed by atoms with Crippen LogP contribution in [0.15, 0.2) is 0 Å². The lowest BCUT2D eigenvalue weighted by Crippen LogP contribution is -2.41. The van der Waals surface area contributed by atoms with Crippen LogP contribution >= 0.6 is 0 Å². The molecule has 2 fully saturated rings. The standard InChI is InChI=1S/C15H28N2O2/c18-15(19)17-12-6-8-14(9-7-13-17)16-10-4-2-1-3-5-11-16/h14H,1-13H2,(H,18,19). The van der Waals surface area contributed by atoms with Gasteiger partial charge in [0.25, 0.3) is 0 Å². The zero-order valence-electron chi connectivity index (χ0n) is 12.0. The highest BCUT2D eigenvalue weighted by Gasteiger charge is 2.22. The highest BCUT2D eigenvalue weighted by molar-refractivity contribution is 5.64. The zero-order valence-corrected chi connectivity index (χ0v) is 12.0. The van der Waals surface area contributed by atoms with Gasteiger partial charge >= 0.3 is 6.09 Å². The summed E-state index contributed by atoms with van der Waals surface area (Å²) in [4.78, 5) is 15.3. The van der Waals surface area contributed by atoms with Crippen LogP contribution in [-0.4, -0.2) is 53.2 Å². The molecule has 0 unspecified atom stereocenters. The third kappa shape index (κ3) is 4.68. The van der Waals surface area contributed by atoms with E-state index in [1.807, 2.05) is 0 Å². The van der Waals surface area contributed by atoms with Crippen LogP contribution < -0.4 is 0 Å². The van der Waals surface area contributed by atoms with Crippen LogP contribution in [-0.2, 0) is 0 Å². The summed E-state index contributed by atoms with van der Waals surface area (Å²) in [7, 11) is 0. The van der Waals surface area contributed by atoms with Gasteiger partial charge in [-0.2, -0.15) is 0 Å². The van der Waals surface area contributed by atoms with Crippen molar-refractivity contribution in [3.05, 3.63) is 0 Å². The molecule has 110 valence electrons. The van der Waals surface area contributed by atoms with Crippen LogP contribution in [0.5, 0.6) is 0 Å². The van der Waals surface area contributed by atoms with Gasteiger partial charge in [0.15, 0.2) is 0 Å². The first-order valence-corrected chi connectivity index (χ1v) is 7.99. The predicted molar refractivity (Wildman–Crippen MR) is 76.5 cm³/mol. The Morgan fingerprint density at radius 1 is 0.789 bits per heavy atom. The van der Waals surface area contributed by atoms with E-state index in [4.69, 9.17) is 5.11 Å². The van der Waals surface area contributed by atoms with E-state index in [-0.39, 0.29) is 0 Å². The molecule has 2 aliphatic heterocycles. The van der Waals surface area contributed by atoms with Crippen molar-refractivity contribution in [2.45, 2.75) is 63.8 Å². The number of nitrogens with zero attached hydrogens (tertiary/aromatic N) is 2. The first-order chi connectivity index (χ1) is 9.27. The van der Waals surface area contributed by atoms with Crippen LogP contribution in [0, 0.1) is 0 Å². The lowest BCUT2D eigenvalue weighted by atomic mass is 9.99. The molecule has 4 heteroatoms. The van der Waals surface area contributed by atoms with Gasteiger partial charge in [-0.25, -0.2) is 4.79 Å². The fraction of sp³-hybridized carbons (Fsp3) is 0.933. The Balaban J connectivity index is 1.81. The Morgan fingerprint density at radius 3 is 1.84 bits per heavy atom. The van der Waals surface area contributed by atoms with Crippen molar-refractivity contribution in [2.24, 2.45) is 0 Å². The third-order valence-electron chi connectivity index (χ3n) is 4.61.